The first-order valence-corrected chi connectivity index (χ1v) is 10.3. The second kappa shape index (κ2) is 10.4. The highest BCUT2D eigenvalue weighted by Gasteiger charge is 2.11. The lowest BCUT2D eigenvalue weighted by Crippen LogP contribution is -2.26. The SMILES string of the molecule is CCC(C)c1ccccc1OCC(=O)NN=C(C)c1ccc(-c2ccccc2)cc1. The molecule has 0 saturated heterocycles. The van der Waals surface area contributed by atoms with Gasteiger partial charge in [0.15, 0.2) is 6.61 Å². The maximum atomic E-state index is 12.2. The highest BCUT2D eigenvalue weighted by Crippen LogP contribution is 2.28. The third-order valence-corrected chi connectivity index (χ3v) is 5.18. The number of hydrogen-bond donors (Lipinski definition) is 1. The van der Waals surface area contributed by atoms with Crippen molar-refractivity contribution in [2.75, 3.05) is 6.61 Å². The van der Waals surface area contributed by atoms with E-state index in [2.05, 4.69) is 48.6 Å². The molecule has 4 heteroatoms. The number of hydrazone groups is 1. The van der Waals surface area contributed by atoms with E-state index in [9.17, 15) is 4.79 Å². The minimum atomic E-state index is -0.283. The van der Waals surface area contributed by atoms with Crippen LogP contribution in [0.1, 0.15) is 44.2 Å². The van der Waals surface area contributed by atoms with Gasteiger partial charge in [-0.3, -0.25) is 4.79 Å². The molecule has 0 bridgehead atoms. The third-order valence-electron chi connectivity index (χ3n) is 5.18. The maximum absolute atomic E-state index is 12.2. The summed E-state index contributed by atoms with van der Waals surface area (Å²) in [4.78, 5) is 12.2. The molecule has 0 aliphatic heterocycles. The van der Waals surface area contributed by atoms with Crippen molar-refractivity contribution in [1.29, 1.82) is 0 Å². The summed E-state index contributed by atoms with van der Waals surface area (Å²) in [6, 6.07) is 26.2. The van der Waals surface area contributed by atoms with Gasteiger partial charge in [0.1, 0.15) is 5.75 Å². The molecule has 0 spiro atoms. The average Bonchev–Trinajstić information content (AvgIpc) is 2.81. The number of amides is 1. The van der Waals surface area contributed by atoms with Gasteiger partial charge in [-0.05, 0) is 47.6 Å². The number of ether oxygens (including phenoxy) is 1. The number of benzene rings is 3. The molecule has 3 aromatic carbocycles. The second-order valence-corrected chi connectivity index (χ2v) is 7.31. The lowest BCUT2D eigenvalue weighted by atomic mass is 9.98. The minimum Gasteiger partial charge on any atom is -0.483 e. The zero-order chi connectivity index (χ0) is 21.3. The fourth-order valence-corrected chi connectivity index (χ4v) is 3.16. The molecule has 1 atom stereocenters. The average molecular weight is 401 g/mol. The molecular weight excluding hydrogens is 372 g/mol. The predicted octanol–water partition coefficient (Wildman–Crippen LogP) is 5.79. The van der Waals surface area contributed by atoms with Crippen LogP contribution in [0.25, 0.3) is 11.1 Å². The second-order valence-electron chi connectivity index (χ2n) is 7.31. The molecule has 1 amide bonds. The summed E-state index contributed by atoms with van der Waals surface area (Å²) in [5.41, 5.74) is 7.71. The molecule has 0 fully saturated rings. The van der Waals surface area contributed by atoms with Gasteiger partial charge in [0.2, 0.25) is 0 Å². The van der Waals surface area contributed by atoms with E-state index in [1.807, 2.05) is 61.5 Å². The number of nitrogens with one attached hydrogen (secondary N) is 1. The normalized spacial score (nSPS) is 12.3. The maximum Gasteiger partial charge on any atom is 0.277 e. The zero-order valence-electron chi connectivity index (χ0n) is 17.8. The number of hydrogen-bond acceptors (Lipinski definition) is 3. The molecule has 3 aromatic rings. The molecule has 1 unspecified atom stereocenters. The summed E-state index contributed by atoms with van der Waals surface area (Å²) >= 11 is 0. The van der Waals surface area contributed by atoms with Gasteiger partial charge in [-0.2, -0.15) is 5.10 Å². The molecule has 4 nitrogen and oxygen atoms in total. The Morgan fingerprint density at radius 1 is 0.933 bits per heavy atom. The van der Waals surface area contributed by atoms with E-state index in [4.69, 9.17) is 4.74 Å². The van der Waals surface area contributed by atoms with Crippen LogP contribution in [0.3, 0.4) is 0 Å². The number of para-hydroxylation sites is 1. The van der Waals surface area contributed by atoms with Crippen molar-refractivity contribution >= 4 is 11.6 Å². The van der Waals surface area contributed by atoms with Crippen molar-refractivity contribution in [2.24, 2.45) is 5.10 Å². The number of nitrogens with zero attached hydrogens (tertiary/aromatic N) is 1. The molecule has 0 saturated carbocycles. The van der Waals surface area contributed by atoms with Crippen molar-refractivity contribution in [3.8, 4) is 16.9 Å². The van der Waals surface area contributed by atoms with E-state index < -0.39 is 0 Å². The predicted molar refractivity (Wildman–Crippen MR) is 123 cm³/mol. The van der Waals surface area contributed by atoms with Gasteiger partial charge in [-0.1, -0.05) is 86.6 Å². The van der Waals surface area contributed by atoms with Crippen LogP contribution in [0.4, 0.5) is 0 Å². The molecule has 0 aliphatic carbocycles. The molecule has 30 heavy (non-hydrogen) atoms. The lowest BCUT2D eigenvalue weighted by Gasteiger charge is -2.15. The van der Waals surface area contributed by atoms with Crippen LogP contribution < -0.4 is 10.2 Å². The third kappa shape index (κ3) is 5.57. The highest BCUT2D eigenvalue weighted by atomic mass is 16.5. The standard InChI is InChI=1S/C26H28N2O2/c1-4-19(2)24-12-8-9-13-25(24)30-18-26(29)28-27-20(3)21-14-16-23(17-15-21)22-10-6-5-7-11-22/h5-17,19H,4,18H2,1-3H3,(H,28,29). The molecule has 1 N–H and O–H groups in total. The van der Waals surface area contributed by atoms with Crippen molar-refractivity contribution in [1.82, 2.24) is 5.43 Å². The van der Waals surface area contributed by atoms with Crippen LogP contribution in [0.15, 0.2) is 84.0 Å². The van der Waals surface area contributed by atoms with E-state index in [1.54, 1.807) is 0 Å². The van der Waals surface area contributed by atoms with Gasteiger partial charge >= 0.3 is 0 Å². The number of carbonyl (C=O) groups excluding carboxylic acids is 1. The van der Waals surface area contributed by atoms with Crippen LogP contribution in [-0.2, 0) is 4.79 Å². The molecule has 154 valence electrons. The molecule has 0 radical (unpaired) electrons. The van der Waals surface area contributed by atoms with Gasteiger partial charge in [-0.15, -0.1) is 0 Å². The van der Waals surface area contributed by atoms with Crippen molar-refractivity contribution in [2.45, 2.75) is 33.1 Å². The Hall–Kier alpha value is -3.40. The molecule has 0 aliphatic rings. The zero-order valence-corrected chi connectivity index (χ0v) is 17.8. The van der Waals surface area contributed by atoms with Crippen molar-refractivity contribution in [3.05, 3.63) is 90.0 Å². The lowest BCUT2D eigenvalue weighted by molar-refractivity contribution is -0.123. The Bertz CT molecular complexity index is 995. The Balaban J connectivity index is 1.57. The fourth-order valence-electron chi connectivity index (χ4n) is 3.16. The van der Waals surface area contributed by atoms with Crippen LogP contribution in [0.5, 0.6) is 5.75 Å². The van der Waals surface area contributed by atoms with Gasteiger partial charge in [0, 0.05) is 0 Å². The molecule has 0 aromatic heterocycles. The molecular formula is C26H28N2O2. The first kappa shape index (κ1) is 21.3. The van der Waals surface area contributed by atoms with Crippen LogP contribution in [-0.4, -0.2) is 18.2 Å². The summed E-state index contributed by atoms with van der Waals surface area (Å²) < 4.78 is 5.74. The Kier molecular flexibility index (Phi) is 7.39. The highest BCUT2D eigenvalue weighted by molar-refractivity contribution is 5.99. The summed E-state index contributed by atoms with van der Waals surface area (Å²) in [6.45, 7) is 6.09. The minimum absolute atomic E-state index is 0.0722. The first-order chi connectivity index (χ1) is 14.6. The van der Waals surface area contributed by atoms with Gasteiger partial charge < -0.3 is 4.74 Å². The Morgan fingerprint density at radius 3 is 2.27 bits per heavy atom. The van der Waals surface area contributed by atoms with Crippen molar-refractivity contribution in [3.63, 3.8) is 0 Å². The monoisotopic (exact) mass is 400 g/mol. The quantitative estimate of drug-likeness (QED) is 0.384. The van der Waals surface area contributed by atoms with E-state index >= 15 is 0 Å². The van der Waals surface area contributed by atoms with Crippen LogP contribution >= 0.6 is 0 Å². The van der Waals surface area contributed by atoms with Crippen molar-refractivity contribution < 1.29 is 9.53 Å². The summed E-state index contributed by atoms with van der Waals surface area (Å²) in [5.74, 6) is 0.844. The summed E-state index contributed by atoms with van der Waals surface area (Å²) in [6.07, 6.45) is 1.01. The number of rotatable bonds is 8. The summed E-state index contributed by atoms with van der Waals surface area (Å²) in [5, 5.41) is 4.22. The Labute approximate surface area is 178 Å². The molecule has 0 heterocycles. The van der Waals surface area contributed by atoms with Gasteiger partial charge in [-0.25, -0.2) is 5.43 Å². The summed E-state index contributed by atoms with van der Waals surface area (Å²) in [7, 11) is 0. The van der Waals surface area contributed by atoms with E-state index in [-0.39, 0.29) is 12.5 Å². The van der Waals surface area contributed by atoms with E-state index in [0.717, 1.165) is 34.6 Å². The van der Waals surface area contributed by atoms with Gasteiger partial charge in [0.25, 0.3) is 5.91 Å². The fraction of sp³-hybridized carbons (Fsp3) is 0.231. The topological polar surface area (TPSA) is 50.7 Å². The van der Waals surface area contributed by atoms with Crippen LogP contribution in [0.2, 0.25) is 0 Å². The van der Waals surface area contributed by atoms with E-state index in [0.29, 0.717) is 5.92 Å². The first-order valence-electron chi connectivity index (χ1n) is 10.3. The van der Waals surface area contributed by atoms with Gasteiger partial charge in [0.05, 0.1) is 5.71 Å². The Morgan fingerprint density at radius 2 is 1.57 bits per heavy atom. The number of carbonyl (C=O) groups is 1. The van der Waals surface area contributed by atoms with Crippen LogP contribution in [0, 0.1) is 0 Å². The molecule has 3 rings (SSSR count). The smallest absolute Gasteiger partial charge is 0.277 e. The van der Waals surface area contributed by atoms with E-state index in [1.165, 1.54) is 5.56 Å². The largest absolute Gasteiger partial charge is 0.483 e.